The molecular formula is C11H13NO3S. The molecule has 1 saturated heterocycles. The van der Waals surface area contributed by atoms with Crippen LogP contribution in [0, 0.1) is 5.92 Å². The topological polar surface area (TPSA) is 57.6 Å². The van der Waals surface area contributed by atoms with Crippen molar-refractivity contribution in [2.75, 3.05) is 6.54 Å². The number of carbonyl (C=O) groups excluding carboxylic acids is 1. The van der Waals surface area contributed by atoms with E-state index in [0.29, 0.717) is 17.8 Å². The third-order valence-corrected chi connectivity index (χ3v) is 3.92. The molecule has 1 fully saturated rings. The predicted molar refractivity (Wildman–Crippen MR) is 60.6 cm³/mol. The predicted octanol–water partition coefficient (Wildman–Crippen LogP) is 1.68. The summed E-state index contributed by atoms with van der Waals surface area (Å²) in [6, 6.07) is 3.38. The van der Waals surface area contributed by atoms with Gasteiger partial charge in [-0.25, -0.2) is 0 Å². The normalized spacial score (nSPS) is 24.7. The van der Waals surface area contributed by atoms with Crippen LogP contribution in [0.5, 0.6) is 0 Å². The molecule has 5 heteroatoms. The zero-order valence-corrected chi connectivity index (χ0v) is 9.74. The lowest BCUT2D eigenvalue weighted by atomic mass is 10.0. The molecule has 1 aromatic rings. The Hall–Kier alpha value is -1.36. The molecular weight excluding hydrogens is 226 g/mol. The number of hydrogen-bond donors (Lipinski definition) is 1. The smallest absolute Gasteiger partial charge is 0.308 e. The first-order valence-corrected chi connectivity index (χ1v) is 6.06. The van der Waals surface area contributed by atoms with Crippen LogP contribution in [0.1, 0.15) is 23.0 Å². The number of rotatable bonds is 2. The van der Waals surface area contributed by atoms with Gasteiger partial charge in [-0.1, -0.05) is 6.07 Å². The maximum absolute atomic E-state index is 12.0. The highest BCUT2D eigenvalue weighted by molar-refractivity contribution is 7.12. The van der Waals surface area contributed by atoms with Crippen molar-refractivity contribution in [2.24, 2.45) is 5.92 Å². The first kappa shape index (κ1) is 11.1. The van der Waals surface area contributed by atoms with E-state index in [2.05, 4.69) is 0 Å². The molecule has 2 heterocycles. The molecule has 1 aliphatic heterocycles. The molecule has 1 N–H and O–H groups in total. The summed E-state index contributed by atoms with van der Waals surface area (Å²) >= 11 is 1.39. The van der Waals surface area contributed by atoms with Crippen LogP contribution in [-0.4, -0.2) is 34.5 Å². The second kappa shape index (κ2) is 4.25. The van der Waals surface area contributed by atoms with Crippen LogP contribution in [0.3, 0.4) is 0 Å². The lowest BCUT2D eigenvalue weighted by Crippen LogP contribution is -2.37. The zero-order chi connectivity index (χ0) is 11.7. The SMILES string of the molecule is CC1C(C(=O)O)CCN1C(=O)c1cccs1. The Bertz CT molecular complexity index is 401. The van der Waals surface area contributed by atoms with Crippen LogP contribution in [0.25, 0.3) is 0 Å². The van der Waals surface area contributed by atoms with Crippen molar-refractivity contribution in [1.29, 1.82) is 0 Å². The van der Waals surface area contributed by atoms with Crippen molar-refractivity contribution in [2.45, 2.75) is 19.4 Å². The third-order valence-electron chi connectivity index (χ3n) is 3.06. The second-order valence-corrected chi connectivity index (χ2v) is 4.90. The van der Waals surface area contributed by atoms with E-state index in [-0.39, 0.29) is 11.9 Å². The van der Waals surface area contributed by atoms with Gasteiger partial charge >= 0.3 is 5.97 Å². The molecule has 86 valence electrons. The summed E-state index contributed by atoms with van der Waals surface area (Å²) in [4.78, 5) is 25.3. The Morgan fingerprint density at radius 2 is 2.31 bits per heavy atom. The highest BCUT2D eigenvalue weighted by Crippen LogP contribution is 2.26. The summed E-state index contributed by atoms with van der Waals surface area (Å²) in [5.41, 5.74) is 0. The number of aliphatic carboxylic acids is 1. The fraction of sp³-hybridized carbons (Fsp3) is 0.455. The lowest BCUT2D eigenvalue weighted by Gasteiger charge is -2.22. The summed E-state index contributed by atoms with van der Waals surface area (Å²) in [5.74, 6) is -1.29. The molecule has 0 bridgehead atoms. The van der Waals surface area contributed by atoms with Crippen LogP contribution in [0.4, 0.5) is 0 Å². The first-order chi connectivity index (χ1) is 7.61. The molecule has 4 nitrogen and oxygen atoms in total. The standard InChI is InChI=1S/C11H13NO3S/c1-7-8(11(14)15)4-5-12(7)10(13)9-3-2-6-16-9/h2-3,6-8H,4-5H2,1H3,(H,14,15). The molecule has 0 aliphatic carbocycles. The lowest BCUT2D eigenvalue weighted by molar-refractivity contribution is -0.142. The van der Waals surface area contributed by atoms with Crippen LogP contribution in [0.2, 0.25) is 0 Å². The fourth-order valence-electron chi connectivity index (χ4n) is 2.10. The van der Waals surface area contributed by atoms with Gasteiger partial charge in [-0.05, 0) is 24.8 Å². The highest BCUT2D eigenvalue weighted by Gasteiger charge is 2.38. The number of carboxylic acid groups (broad SMARTS) is 1. The van der Waals surface area contributed by atoms with Gasteiger partial charge in [0.05, 0.1) is 10.8 Å². The van der Waals surface area contributed by atoms with Crippen LogP contribution in [-0.2, 0) is 4.79 Å². The Kier molecular flexibility index (Phi) is 2.96. The van der Waals surface area contributed by atoms with Crippen molar-refractivity contribution in [3.63, 3.8) is 0 Å². The minimum atomic E-state index is -0.811. The summed E-state index contributed by atoms with van der Waals surface area (Å²) < 4.78 is 0. The summed E-state index contributed by atoms with van der Waals surface area (Å²) in [5, 5.41) is 10.8. The van der Waals surface area contributed by atoms with Crippen LogP contribution < -0.4 is 0 Å². The zero-order valence-electron chi connectivity index (χ0n) is 8.92. The van der Waals surface area contributed by atoms with Crippen molar-refractivity contribution < 1.29 is 14.7 Å². The fourth-order valence-corrected chi connectivity index (χ4v) is 2.78. The largest absolute Gasteiger partial charge is 0.481 e. The molecule has 0 saturated carbocycles. The first-order valence-electron chi connectivity index (χ1n) is 5.18. The van der Waals surface area contributed by atoms with E-state index in [1.54, 1.807) is 17.9 Å². The van der Waals surface area contributed by atoms with Gasteiger partial charge in [0.25, 0.3) is 5.91 Å². The number of amides is 1. The average Bonchev–Trinajstić information content (AvgIpc) is 2.84. The molecule has 1 aromatic heterocycles. The van der Waals surface area contributed by atoms with Crippen molar-refractivity contribution >= 4 is 23.2 Å². The second-order valence-electron chi connectivity index (χ2n) is 3.95. The number of carbonyl (C=O) groups is 2. The molecule has 2 rings (SSSR count). The third kappa shape index (κ3) is 1.82. The Balaban J connectivity index is 2.13. The number of carboxylic acids is 1. The molecule has 0 radical (unpaired) electrons. The minimum absolute atomic E-state index is 0.0498. The summed E-state index contributed by atoms with van der Waals surface area (Å²) in [6.07, 6.45) is 0.549. The average molecular weight is 239 g/mol. The number of thiophene rings is 1. The molecule has 0 spiro atoms. The monoisotopic (exact) mass is 239 g/mol. The Morgan fingerprint density at radius 1 is 1.56 bits per heavy atom. The van der Waals surface area contributed by atoms with Crippen LogP contribution in [0.15, 0.2) is 17.5 Å². The van der Waals surface area contributed by atoms with E-state index in [9.17, 15) is 9.59 Å². The molecule has 16 heavy (non-hydrogen) atoms. The number of likely N-dealkylation sites (tertiary alicyclic amines) is 1. The summed E-state index contributed by atoms with van der Waals surface area (Å²) in [7, 11) is 0. The van der Waals surface area contributed by atoms with Gasteiger partial charge in [-0.15, -0.1) is 11.3 Å². The molecule has 0 aromatic carbocycles. The van der Waals surface area contributed by atoms with Gasteiger partial charge in [0, 0.05) is 12.6 Å². The van der Waals surface area contributed by atoms with E-state index in [4.69, 9.17) is 5.11 Å². The van der Waals surface area contributed by atoms with E-state index >= 15 is 0 Å². The summed E-state index contributed by atoms with van der Waals surface area (Å²) in [6.45, 7) is 2.34. The van der Waals surface area contributed by atoms with Crippen LogP contribution >= 0.6 is 11.3 Å². The van der Waals surface area contributed by atoms with Crippen molar-refractivity contribution in [3.8, 4) is 0 Å². The van der Waals surface area contributed by atoms with Gasteiger partial charge < -0.3 is 10.0 Å². The van der Waals surface area contributed by atoms with Gasteiger partial charge in [0.1, 0.15) is 0 Å². The van der Waals surface area contributed by atoms with Gasteiger partial charge in [0.2, 0.25) is 0 Å². The molecule has 1 amide bonds. The highest BCUT2D eigenvalue weighted by atomic mass is 32.1. The maximum atomic E-state index is 12.0. The number of hydrogen-bond acceptors (Lipinski definition) is 3. The maximum Gasteiger partial charge on any atom is 0.308 e. The van der Waals surface area contributed by atoms with Crippen molar-refractivity contribution in [1.82, 2.24) is 4.90 Å². The van der Waals surface area contributed by atoms with Gasteiger partial charge in [-0.2, -0.15) is 0 Å². The molecule has 2 unspecified atom stereocenters. The van der Waals surface area contributed by atoms with E-state index in [1.807, 2.05) is 11.4 Å². The van der Waals surface area contributed by atoms with E-state index < -0.39 is 11.9 Å². The van der Waals surface area contributed by atoms with E-state index in [0.717, 1.165) is 0 Å². The van der Waals surface area contributed by atoms with Crippen molar-refractivity contribution in [3.05, 3.63) is 22.4 Å². The quantitative estimate of drug-likeness (QED) is 0.854. The van der Waals surface area contributed by atoms with Gasteiger partial charge in [0.15, 0.2) is 0 Å². The Morgan fingerprint density at radius 3 is 2.81 bits per heavy atom. The van der Waals surface area contributed by atoms with E-state index in [1.165, 1.54) is 11.3 Å². The number of nitrogens with zero attached hydrogens (tertiary/aromatic N) is 1. The molecule has 2 atom stereocenters. The molecule has 1 aliphatic rings. The Labute approximate surface area is 97.5 Å². The van der Waals surface area contributed by atoms with Gasteiger partial charge in [-0.3, -0.25) is 9.59 Å². The minimum Gasteiger partial charge on any atom is -0.481 e.